The van der Waals surface area contributed by atoms with Crippen LogP contribution >= 0.6 is 15.9 Å². The van der Waals surface area contributed by atoms with Gasteiger partial charge in [-0.2, -0.15) is 0 Å². The molecule has 0 aromatic heterocycles. The van der Waals surface area contributed by atoms with Gasteiger partial charge in [0.15, 0.2) is 0 Å². The zero-order valence-corrected chi connectivity index (χ0v) is 9.05. The predicted octanol–water partition coefficient (Wildman–Crippen LogP) is 2.86. The van der Waals surface area contributed by atoms with Crippen molar-refractivity contribution in [3.8, 4) is 0 Å². The molecule has 12 heavy (non-hydrogen) atoms. The van der Waals surface area contributed by atoms with Crippen molar-refractivity contribution in [3.63, 3.8) is 0 Å². The summed E-state index contributed by atoms with van der Waals surface area (Å²) in [4.78, 5) is 4.73. The van der Waals surface area contributed by atoms with Gasteiger partial charge in [0, 0.05) is 10.4 Å². The van der Waals surface area contributed by atoms with E-state index in [1.807, 2.05) is 12.2 Å². The normalized spacial score (nSPS) is 26.7. The zero-order chi connectivity index (χ0) is 9.14. The Labute approximate surface area is 81.1 Å². The van der Waals surface area contributed by atoms with E-state index in [9.17, 15) is 0 Å². The van der Waals surface area contributed by atoms with Crippen molar-refractivity contribution in [1.82, 2.24) is 0 Å². The molecule has 2 nitrogen and oxygen atoms in total. The number of oxime groups is 1. The summed E-state index contributed by atoms with van der Waals surface area (Å²) in [5, 5.41) is 3.92. The van der Waals surface area contributed by atoms with Crippen LogP contribution in [0.2, 0.25) is 0 Å². The van der Waals surface area contributed by atoms with Crippen LogP contribution < -0.4 is 0 Å². The van der Waals surface area contributed by atoms with Crippen LogP contribution in [0.5, 0.6) is 0 Å². The first-order valence-corrected chi connectivity index (χ1v) is 4.61. The third kappa shape index (κ3) is 1.78. The topological polar surface area (TPSA) is 21.6 Å². The standard InChI is InChI=1S/C9H12BrNO/c1-6-7(2)9(11-12-3)5-4-8(6)10/h4-5,7H,1-3H3. The molecule has 0 spiro atoms. The Morgan fingerprint density at radius 1 is 1.50 bits per heavy atom. The second-order valence-electron chi connectivity index (χ2n) is 2.78. The minimum atomic E-state index is 0.337. The highest BCUT2D eigenvalue weighted by Crippen LogP contribution is 2.26. The molecule has 0 aliphatic heterocycles. The fourth-order valence-corrected chi connectivity index (χ4v) is 1.55. The SMILES string of the molecule is CON=C1C=CC(Br)=C(C)C1C. The molecule has 0 fully saturated rings. The fourth-order valence-electron chi connectivity index (χ4n) is 1.08. The average Bonchev–Trinajstić information content (AvgIpc) is 2.07. The van der Waals surface area contributed by atoms with Gasteiger partial charge in [0.2, 0.25) is 0 Å². The smallest absolute Gasteiger partial charge is 0.106 e. The number of nitrogens with zero attached hydrogens (tertiary/aromatic N) is 1. The molecule has 3 heteroatoms. The van der Waals surface area contributed by atoms with E-state index in [0.29, 0.717) is 5.92 Å². The molecule has 1 atom stereocenters. The Hall–Kier alpha value is -0.570. The molecular formula is C9H12BrNO. The highest BCUT2D eigenvalue weighted by Gasteiger charge is 2.16. The van der Waals surface area contributed by atoms with Crippen LogP contribution in [-0.4, -0.2) is 12.8 Å². The number of halogens is 1. The van der Waals surface area contributed by atoms with Gasteiger partial charge in [-0.1, -0.05) is 33.6 Å². The Kier molecular flexibility index (Phi) is 3.09. The van der Waals surface area contributed by atoms with Gasteiger partial charge >= 0.3 is 0 Å². The Morgan fingerprint density at radius 2 is 2.17 bits per heavy atom. The third-order valence-corrected chi connectivity index (χ3v) is 2.96. The minimum Gasteiger partial charge on any atom is -0.399 e. The molecule has 0 saturated heterocycles. The van der Waals surface area contributed by atoms with E-state index >= 15 is 0 Å². The number of hydrogen-bond donors (Lipinski definition) is 0. The monoisotopic (exact) mass is 229 g/mol. The lowest BCUT2D eigenvalue weighted by molar-refractivity contribution is 0.212. The minimum absolute atomic E-state index is 0.337. The van der Waals surface area contributed by atoms with Crippen molar-refractivity contribution in [2.75, 3.05) is 7.11 Å². The van der Waals surface area contributed by atoms with E-state index in [0.717, 1.165) is 10.2 Å². The van der Waals surface area contributed by atoms with Crippen molar-refractivity contribution in [2.45, 2.75) is 13.8 Å². The molecule has 0 radical (unpaired) electrons. The molecule has 66 valence electrons. The second kappa shape index (κ2) is 3.90. The van der Waals surface area contributed by atoms with Crippen LogP contribution in [0.25, 0.3) is 0 Å². The van der Waals surface area contributed by atoms with Crippen molar-refractivity contribution in [3.05, 3.63) is 22.2 Å². The van der Waals surface area contributed by atoms with Gasteiger partial charge in [-0.3, -0.25) is 0 Å². The Bertz CT molecular complexity index is 266. The van der Waals surface area contributed by atoms with Crippen molar-refractivity contribution < 1.29 is 4.84 Å². The van der Waals surface area contributed by atoms with E-state index in [1.165, 1.54) is 5.57 Å². The molecule has 1 aliphatic carbocycles. The largest absolute Gasteiger partial charge is 0.399 e. The maximum atomic E-state index is 4.73. The number of allylic oxidation sites excluding steroid dienone is 4. The van der Waals surface area contributed by atoms with Crippen LogP contribution in [-0.2, 0) is 4.84 Å². The summed E-state index contributed by atoms with van der Waals surface area (Å²) in [6.07, 6.45) is 3.96. The first-order chi connectivity index (χ1) is 5.66. The quantitative estimate of drug-likeness (QED) is 0.634. The van der Waals surface area contributed by atoms with Crippen LogP contribution in [0.15, 0.2) is 27.4 Å². The Morgan fingerprint density at radius 3 is 2.75 bits per heavy atom. The van der Waals surface area contributed by atoms with E-state index in [1.54, 1.807) is 7.11 Å². The lowest BCUT2D eigenvalue weighted by atomic mass is 9.93. The summed E-state index contributed by atoms with van der Waals surface area (Å²) >= 11 is 3.47. The van der Waals surface area contributed by atoms with E-state index < -0.39 is 0 Å². The van der Waals surface area contributed by atoms with E-state index in [4.69, 9.17) is 4.84 Å². The zero-order valence-electron chi connectivity index (χ0n) is 7.47. The van der Waals surface area contributed by atoms with Gasteiger partial charge < -0.3 is 4.84 Å². The molecule has 0 N–H and O–H groups in total. The maximum Gasteiger partial charge on any atom is 0.106 e. The lowest BCUT2D eigenvalue weighted by Gasteiger charge is -2.17. The highest BCUT2D eigenvalue weighted by molar-refractivity contribution is 9.11. The molecule has 0 saturated carbocycles. The van der Waals surface area contributed by atoms with E-state index in [-0.39, 0.29) is 0 Å². The summed E-state index contributed by atoms with van der Waals surface area (Å²) in [6, 6.07) is 0. The summed E-state index contributed by atoms with van der Waals surface area (Å²) in [5.41, 5.74) is 2.26. The van der Waals surface area contributed by atoms with E-state index in [2.05, 4.69) is 34.9 Å². The van der Waals surface area contributed by atoms with Gasteiger partial charge in [0.25, 0.3) is 0 Å². The third-order valence-electron chi connectivity index (χ3n) is 2.07. The molecule has 1 aliphatic rings. The lowest BCUT2D eigenvalue weighted by Crippen LogP contribution is -2.13. The van der Waals surface area contributed by atoms with Gasteiger partial charge in [0.05, 0.1) is 5.71 Å². The molecule has 0 heterocycles. The maximum absolute atomic E-state index is 4.73. The van der Waals surface area contributed by atoms with Crippen molar-refractivity contribution >= 4 is 21.6 Å². The number of hydrogen-bond acceptors (Lipinski definition) is 2. The first kappa shape index (κ1) is 9.52. The molecular weight excluding hydrogens is 218 g/mol. The summed E-state index contributed by atoms with van der Waals surface area (Å²) < 4.78 is 1.14. The number of rotatable bonds is 1. The van der Waals surface area contributed by atoms with Crippen molar-refractivity contribution in [2.24, 2.45) is 11.1 Å². The molecule has 1 unspecified atom stereocenters. The van der Waals surface area contributed by atoms with Gasteiger partial charge in [-0.05, 0) is 19.1 Å². The van der Waals surface area contributed by atoms with Gasteiger partial charge in [-0.15, -0.1) is 0 Å². The van der Waals surface area contributed by atoms with Gasteiger partial charge in [-0.25, -0.2) is 0 Å². The fraction of sp³-hybridized carbons (Fsp3) is 0.444. The molecule has 1 rings (SSSR count). The van der Waals surface area contributed by atoms with Crippen LogP contribution in [0.1, 0.15) is 13.8 Å². The summed E-state index contributed by atoms with van der Waals surface area (Å²) in [6.45, 7) is 4.20. The molecule has 0 bridgehead atoms. The van der Waals surface area contributed by atoms with Crippen molar-refractivity contribution in [1.29, 1.82) is 0 Å². The summed E-state index contributed by atoms with van der Waals surface area (Å²) in [5.74, 6) is 0.337. The molecule has 0 aromatic carbocycles. The second-order valence-corrected chi connectivity index (χ2v) is 3.64. The highest BCUT2D eigenvalue weighted by atomic mass is 79.9. The summed E-state index contributed by atoms with van der Waals surface area (Å²) in [7, 11) is 1.57. The molecule has 0 amide bonds. The first-order valence-electron chi connectivity index (χ1n) is 3.82. The predicted molar refractivity (Wildman–Crippen MR) is 54.4 cm³/mol. The van der Waals surface area contributed by atoms with Gasteiger partial charge in [0.1, 0.15) is 7.11 Å². The molecule has 0 aromatic rings. The van der Waals surface area contributed by atoms with Crippen LogP contribution in [0.4, 0.5) is 0 Å². The Balaban J connectivity index is 2.92. The average molecular weight is 230 g/mol. The van der Waals surface area contributed by atoms with Crippen LogP contribution in [0, 0.1) is 5.92 Å². The van der Waals surface area contributed by atoms with Crippen LogP contribution in [0.3, 0.4) is 0 Å².